The third-order valence-electron chi connectivity index (χ3n) is 2.46. The molecule has 5 heteroatoms. The van der Waals surface area contributed by atoms with Gasteiger partial charge in [-0.3, -0.25) is 14.4 Å². The molecule has 0 aliphatic carbocycles. The van der Waals surface area contributed by atoms with Crippen LogP contribution < -0.4 is 5.32 Å². The molecule has 1 aliphatic rings. The normalized spacial score (nSPS) is 20.8. The minimum Gasteiger partial charge on any atom is -0.465 e. The highest BCUT2D eigenvalue weighted by Gasteiger charge is 2.40. The molecule has 1 N–H and O–H groups in total. The molecule has 5 nitrogen and oxygen atoms in total. The van der Waals surface area contributed by atoms with Crippen molar-refractivity contribution in [2.45, 2.75) is 27.2 Å². The molecule has 0 fully saturated rings. The summed E-state index contributed by atoms with van der Waals surface area (Å²) in [6, 6.07) is 0. The van der Waals surface area contributed by atoms with E-state index in [-0.39, 0.29) is 6.61 Å². The van der Waals surface area contributed by atoms with Gasteiger partial charge in [-0.1, -0.05) is 6.92 Å². The van der Waals surface area contributed by atoms with Crippen molar-refractivity contribution in [1.82, 2.24) is 5.32 Å². The average Bonchev–Trinajstić information content (AvgIpc) is 2.17. The number of hydrogen-bond donors (Lipinski definition) is 1. The predicted molar refractivity (Wildman–Crippen MR) is 56.3 cm³/mol. The van der Waals surface area contributed by atoms with Gasteiger partial charge >= 0.3 is 5.97 Å². The van der Waals surface area contributed by atoms with Crippen LogP contribution in [0.15, 0.2) is 11.3 Å². The van der Waals surface area contributed by atoms with Crippen molar-refractivity contribution in [2.24, 2.45) is 5.92 Å². The second-order valence-electron chi connectivity index (χ2n) is 3.50. The molecule has 0 aromatic carbocycles. The van der Waals surface area contributed by atoms with Crippen molar-refractivity contribution in [2.75, 3.05) is 6.61 Å². The van der Waals surface area contributed by atoms with Crippen LogP contribution in [-0.4, -0.2) is 24.3 Å². The van der Waals surface area contributed by atoms with Crippen molar-refractivity contribution < 1.29 is 19.1 Å². The molecule has 0 radical (unpaired) electrons. The molecule has 1 rings (SSSR count). The number of ketones is 1. The highest BCUT2D eigenvalue weighted by Crippen LogP contribution is 2.20. The average molecular weight is 225 g/mol. The number of allylic oxidation sites excluding steroid dienone is 2. The highest BCUT2D eigenvalue weighted by atomic mass is 16.5. The maximum Gasteiger partial charge on any atom is 0.326 e. The summed E-state index contributed by atoms with van der Waals surface area (Å²) in [4.78, 5) is 34.9. The Morgan fingerprint density at radius 3 is 2.50 bits per heavy atom. The van der Waals surface area contributed by atoms with Gasteiger partial charge in [0.25, 0.3) is 0 Å². The minimum absolute atomic E-state index is 0.153. The summed E-state index contributed by atoms with van der Waals surface area (Å²) in [6.07, 6.45) is 0.487. The van der Waals surface area contributed by atoms with Crippen molar-refractivity contribution in [3.63, 3.8) is 0 Å². The fraction of sp³-hybridized carbons (Fsp3) is 0.545. The summed E-state index contributed by atoms with van der Waals surface area (Å²) in [6.45, 7) is 5.23. The van der Waals surface area contributed by atoms with Gasteiger partial charge in [-0.2, -0.15) is 0 Å². The van der Waals surface area contributed by atoms with Gasteiger partial charge in [0.05, 0.1) is 6.61 Å². The Hall–Kier alpha value is -1.65. The largest absolute Gasteiger partial charge is 0.465 e. The molecule has 0 bridgehead atoms. The van der Waals surface area contributed by atoms with Crippen LogP contribution in [0.2, 0.25) is 0 Å². The van der Waals surface area contributed by atoms with Gasteiger partial charge in [-0.25, -0.2) is 0 Å². The number of esters is 1. The molecule has 88 valence electrons. The van der Waals surface area contributed by atoms with Gasteiger partial charge in [0.1, 0.15) is 0 Å². The number of rotatable bonds is 3. The molecule has 0 saturated carbocycles. The van der Waals surface area contributed by atoms with E-state index in [0.717, 1.165) is 0 Å². The molecule has 1 unspecified atom stereocenters. The van der Waals surface area contributed by atoms with Crippen molar-refractivity contribution >= 4 is 17.7 Å². The fourth-order valence-electron chi connectivity index (χ4n) is 1.69. The van der Waals surface area contributed by atoms with Crippen LogP contribution in [0.25, 0.3) is 0 Å². The van der Waals surface area contributed by atoms with Gasteiger partial charge < -0.3 is 10.1 Å². The van der Waals surface area contributed by atoms with Crippen LogP contribution in [0.1, 0.15) is 27.2 Å². The number of Topliss-reactive ketones (excluding diaryl/α,β-unsaturated/α-hetero) is 1. The zero-order valence-electron chi connectivity index (χ0n) is 9.62. The van der Waals surface area contributed by atoms with E-state index in [1.807, 2.05) is 0 Å². The van der Waals surface area contributed by atoms with Crippen LogP contribution in [0, 0.1) is 5.92 Å². The molecule has 0 spiro atoms. The number of hydrogen-bond acceptors (Lipinski definition) is 4. The van der Waals surface area contributed by atoms with E-state index in [9.17, 15) is 14.4 Å². The third-order valence-corrected chi connectivity index (χ3v) is 2.46. The van der Waals surface area contributed by atoms with E-state index in [4.69, 9.17) is 4.74 Å². The number of ether oxygens (including phenoxy) is 1. The first-order valence-electron chi connectivity index (χ1n) is 5.24. The Kier molecular flexibility index (Phi) is 3.82. The van der Waals surface area contributed by atoms with E-state index in [1.54, 1.807) is 20.8 Å². The molecule has 1 aliphatic heterocycles. The lowest BCUT2D eigenvalue weighted by Gasteiger charge is -2.22. The van der Waals surface area contributed by atoms with Crippen LogP contribution >= 0.6 is 0 Å². The molecule has 0 aromatic rings. The van der Waals surface area contributed by atoms with Crippen molar-refractivity contribution in [3.8, 4) is 0 Å². The third kappa shape index (κ3) is 2.13. The second kappa shape index (κ2) is 4.92. The maximum atomic E-state index is 11.9. The quantitative estimate of drug-likeness (QED) is 0.562. The number of carbonyl (C=O) groups is 3. The second-order valence-corrected chi connectivity index (χ2v) is 3.50. The monoisotopic (exact) mass is 225 g/mol. The Balaban J connectivity index is 3.01. The highest BCUT2D eigenvalue weighted by molar-refractivity contribution is 6.24. The van der Waals surface area contributed by atoms with E-state index < -0.39 is 23.6 Å². The molecule has 1 amide bonds. The zero-order chi connectivity index (χ0) is 12.3. The summed E-state index contributed by atoms with van der Waals surface area (Å²) in [7, 11) is 0. The molecule has 1 atom stereocenters. The lowest BCUT2D eigenvalue weighted by Crippen LogP contribution is -2.45. The molecular formula is C11H15NO4. The van der Waals surface area contributed by atoms with Gasteiger partial charge in [-0.05, 0) is 20.3 Å². The standard InChI is InChI=1S/C11H15NO4/c1-4-7-6(3)12-10(14)8(9(7)13)11(15)16-5-2/h8H,4-5H2,1-3H3,(H,12,14). The van der Waals surface area contributed by atoms with Gasteiger partial charge in [0.2, 0.25) is 5.91 Å². The Labute approximate surface area is 93.8 Å². The first-order chi connectivity index (χ1) is 7.52. The molecule has 0 saturated heterocycles. The van der Waals surface area contributed by atoms with E-state index >= 15 is 0 Å². The van der Waals surface area contributed by atoms with Crippen molar-refractivity contribution in [1.29, 1.82) is 0 Å². The van der Waals surface area contributed by atoms with E-state index in [0.29, 0.717) is 17.7 Å². The topological polar surface area (TPSA) is 72.5 Å². The predicted octanol–water partition coefficient (Wildman–Crippen LogP) is 0.549. The number of carbonyl (C=O) groups excluding carboxylic acids is 3. The van der Waals surface area contributed by atoms with Crippen LogP contribution in [0.4, 0.5) is 0 Å². The Morgan fingerprint density at radius 1 is 1.38 bits per heavy atom. The smallest absolute Gasteiger partial charge is 0.326 e. The SMILES string of the molecule is CCOC(=O)C1C(=O)NC(C)=C(CC)C1=O. The Bertz CT molecular complexity index is 370. The fourth-order valence-corrected chi connectivity index (χ4v) is 1.69. The summed E-state index contributed by atoms with van der Waals surface area (Å²) in [5.74, 6) is -3.15. The number of amides is 1. The lowest BCUT2D eigenvalue weighted by molar-refractivity contribution is -0.155. The first-order valence-corrected chi connectivity index (χ1v) is 5.24. The molecule has 1 heterocycles. The summed E-state index contributed by atoms with van der Waals surface area (Å²) in [5.41, 5.74) is 1.01. The van der Waals surface area contributed by atoms with E-state index in [1.165, 1.54) is 0 Å². The van der Waals surface area contributed by atoms with Crippen LogP contribution in [-0.2, 0) is 19.1 Å². The summed E-state index contributed by atoms with van der Waals surface area (Å²) in [5, 5.41) is 2.52. The van der Waals surface area contributed by atoms with Crippen LogP contribution in [0.5, 0.6) is 0 Å². The number of nitrogens with one attached hydrogen (secondary N) is 1. The maximum absolute atomic E-state index is 11.9. The van der Waals surface area contributed by atoms with Gasteiger partial charge in [-0.15, -0.1) is 0 Å². The molecular weight excluding hydrogens is 210 g/mol. The van der Waals surface area contributed by atoms with Crippen molar-refractivity contribution in [3.05, 3.63) is 11.3 Å². The lowest BCUT2D eigenvalue weighted by atomic mass is 9.90. The minimum atomic E-state index is -1.33. The molecule has 16 heavy (non-hydrogen) atoms. The van der Waals surface area contributed by atoms with E-state index in [2.05, 4.69) is 5.32 Å². The van der Waals surface area contributed by atoms with Gasteiger partial charge in [0, 0.05) is 11.3 Å². The Morgan fingerprint density at radius 2 is 2.00 bits per heavy atom. The van der Waals surface area contributed by atoms with Crippen LogP contribution in [0.3, 0.4) is 0 Å². The zero-order valence-corrected chi connectivity index (χ0v) is 9.62. The molecule has 0 aromatic heterocycles. The summed E-state index contributed by atoms with van der Waals surface area (Å²) >= 11 is 0. The van der Waals surface area contributed by atoms with Gasteiger partial charge in [0.15, 0.2) is 11.7 Å². The summed E-state index contributed by atoms with van der Waals surface area (Å²) < 4.78 is 4.71. The first kappa shape index (κ1) is 12.4.